The molecule has 0 amide bonds. The number of hydrogen-bond donors (Lipinski definition) is 2. The number of aryl methyl sites for hydroxylation is 2. The van der Waals surface area contributed by atoms with Gasteiger partial charge in [-0.15, -0.1) is 0 Å². The summed E-state index contributed by atoms with van der Waals surface area (Å²) in [7, 11) is 1.80. The number of nitrogens with one attached hydrogen (secondary N) is 1. The number of hydrogen-bond acceptors (Lipinski definition) is 7. The molecule has 0 spiro atoms. The lowest BCUT2D eigenvalue weighted by molar-refractivity contribution is 0.108. The zero-order valence-corrected chi connectivity index (χ0v) is 20.2. The Morgan fingerprint density at radius 2 is 2.00 bits per heavy atom. The second-order valence-electron chi connectivity index (χ2n) is 9.25. The van der Waals surface area contributed by atoms with Gasteiger partial charge in [-0.1, -0.05) is 30.6 Å². The van der Waals surface area contributed by atoms with Crippen molar-refractivity contribution in [3.8, 4) is 28.4 Å². The quantitative estimate of drug-likeness (QED) is 0.472. The van der Waals surface area contributed by atoms with E-state index in [0.717, 1.165) is 52.4 Å². The summed E-state index contributed by atoms with van der Waals surface area (Å²) in [5, 5.41) is 17.1. The van der Waals surface area contributed by atoms with E-state index in [1.807, 2.05) is 38.1 Å². The van der Waals surface area contributed by atoms with Crippen LogP contribution in [0.1, 0.15) is 48.9 Å². The first-order chi connectivity index (χ1) is 15.9. The van der Waals surface area contributed by atoms with Crippen molar-refractivity contribution >= 4 is 0 Å². The van der Waals surface area contributed by atoms with Gasteiger partial charge < -0.3 is 19.7 Å². The van der Waals surface area contributed by atoms with Gasteiger partial charge in [-0.25, -0.2) is 9.97 Å². The molecule has 7 heteroatoms. The van der Waals surface area contributed by atoms with Crippen LogP contribution in [0.25, 0.3) is 22.6 Å². The number of aromatic nitrogens is 3. The van der Waals surface area contributed by atoms with Crippen molar-refractivity contribution in [3.63, 3.8) is 0 Å². The first-order valence-corrected chi connectivity index (χ1v) is 11.7. The highest BCUT2D eigenvalue weighted by Crippen LogP contribution is 2.51. The summed E-state index contributed by atoms with van der Waals surface area (Å²) >= 11 is 0. The standard InChI is InChI=1S/C26H34N4O3/c1-6-26(10-11-26)13-22-16(2)24(23-17(3)30-33-18(23)4)29-25(28-22)19-8-7-9-21(12-19)32-15-20(31)14-27-5/h7-9,12,20,27,31H,6,10-11,13-15H2,1-5H3. The third-order valence-electron chi connectivity index (χ3n) is 6.74. The molecule has 4 rings (SSSR count). The second-order valence-corrected chi connectivity index (χ2v) is 9.25. The van der Waals surface area contributed by atoms with Crippen molar-refractivity contribution < 1.29 is 14.4 Å². The number of benzene rings is 1. The molecule has 0 radical (unpaired) electrons. The SMILES string of the molecule is CCC1(Cc2nc(-c3cccc(OCC(O)CNC)c3)nc(-c3c(C)noc3C)c2C)CC1. The lowest BCUT2D eigenvalue weighted by Gasteiger charge is -2.17. The maximum atomic E-state index is 9.97. The number of aliphatic hydroxyl groups excluding tert-OH is 1. The molecule has 1 aliphatic carbocycles. The largest absolute Gasteiger partial charge is 0.491 e. The molecule has 1 fully saturated rings. The van der Waals surface area contributed by atoms with E-state index in [9.17, 15) is 5.11 Å². The first-order valence-electron chi connectivity index (χ1n) is 11.7. The Hall–Kier alpha value is -2.77. The maximum absolute atomic E-state index is 9.97. The van der Waals surface area contributed by atoms with Gasteiger partial charge in [-0.05, 0) is 70.2 Å². The molecular weight excluding hydrogens is 416 g/mol. The van der Waals surface area contributed by atoms with Crippen LogP contribution < -0.4 is 10.1 Å². The molecular formula is C26H34N4O3. The number of nitrogens with zero attached hydrogens (tertiary/aromatic N) is 3. The van der Waals surface area contributed by atoms with Crippen LogP contribution in [0.4, 0.5) is 0 Å². The van der Waals surface area contributed by atoms with Gasteiger partial charge in [0.1, 0.15) is 24.2 Å². The average Bonchev–Trinajstić information content (AvgIpc) is 3.51. The Morgan fingerprint density at radius 3 is 2.64 bits per heavy atom. The van der Waals surface area contributed by atoms with E-state index in [0.29, 0.717) is 23.5 Å². The number of ether oxygens (including phenoxy) is 1. The van der Waals surface area contributed by atoms with Crippen LogP contribution in [-0.4, -0.2) is 46.5 Å². The third kappa shape index (κ3) is 5.09. The highest BCUT2D eigenvalue weighted by molar-refractivity contribution is 5.71. The summed E-state index contributed by atoms with van der Waals surface area (Å²) in [6, 6.07) is 7.75. The van der Waals surface area contributed by atoms with Crippen LogP contribution in [0, 0.1) is 26.2 Å². The highest BCUT2D eigenvalue weighted by atomic mass is 16.5. The molecule has 3 aromatic rings. The zero-order valence-electron chi connectivity index (χ0n) is 20.2. The summed E-state index contributed by atoms with van der Waals surface area (Å²) in [5.74, 6) is 2.11. The molecule has 0 bridgehead atoms. The van der Waals surface area contributed by atoms with E-state index < -0.39 is 6.10 Å². The number of rotatable bonds is 10. The monoisotopic (exact) mass is 450 g/mol. The third-order valence-corrected chi connectivity index (χ3v) is 6.74. The predicted molar refractivity (Wildman–Crippen MR) is 128 cm³/mol. The molecule has 7 nitrogen and oxygen atoms in total. The Bertz CT molecular complexity index is 1100. The van der Waals surface area contributed by atoms with E-state index in [1.54, 1.807) is 7.05 Å². The van der Waals surface area contributed by atoms with Crippen molar-refractivity contribution in [1.82, 2.24) is 20.4 Å². The van der Waals surface area contributed by atoms with Gasteiger partial charge in [-0.3, -0.25) is 0 Å². The lowest BCUT2D eigenvalue weighted by atomic mass is 9.93. The van der Waals surface area contributed by atoms with E-state index in [1.165, 1.54) is 12.8 Å². The normalized spacial score (nSPS) is 15.5. The molecule has 0 saturated heterocycles. The van der Waals surface area contributed by atoms with Crippen LogP contribution in [0.3, 0.4) is 0 Å². The van der Waals surface area contributed by atoms with Crippen LogP contribution in [0.5, 0.6) is 5.75 Å². The van der Waals surface area contributed by atoms with Gasteiger partial charge in [0.15, 0.2) is 5.82 Å². The van der Waals surface area contributed by atoms with Crippen LogP contribution >= 0.6 is 0 Å². The lowest BCUT2D eigenvalue weighted by Crippen LogP contribution is -2.29. The zero-order chi connectivity index (χ0) is 23.6. The highest BCUT2D eigenvalue weighted by Gasteiger charge is 2.41. The van der Waals surface area contributed by atoms with Gasteiger partial charge in [0.25, 0.3) is 0 Å². The molecule has 33 heavy (non-hydrogen) atoms. The van der Waals surface area contributed by atoms with Gasteiger partial charge in [-0.2, -0.15) is 0 Å². The molecule has 0 aliphatic heterocycles. The molecule has 1 aromatic carbocycles. The fourth-order valence-electron chi connectivity index (χ4n) is 4.33. The fraction of sp³-hybridized carbons (Fsp3) is 0.500. The van der Waals surface area contributed by atoms with Crippen molar-refractivity contribution in [1.29, 1.82) is 0 Å². The molecule has 176 valence electrons. The first kappa shape index (κ1) is 23.4. The Labute approximate surface area is 195 Å². The molecule has 2 N–H and O–H groups in total. The second kappa shape index (κ2) is 9.61. The summed E-state index contributed by atoms with van der Waals surface area (Å²) < 4.78 is 11.3. The Morgan fingerprint density at radius 1 is 1.21 bits per heavy atom. The van der Waals surface area contributed by atoms with Crippen LogP contribution in [0.2, 0.25) is 0 Å². The Balaban J connectivity index is 1.74. The minimum atomic E-state index is -0.573. The fourth-order valence-corrected chi connectivity index (χ4v) is 4.33. The summed E-state index contributed by atoms with van der Waals surface area (Å²) in [6.45, 7) is 8.94. The molecule has 2 heterocycles. The molecule has 1 unspecified atom stereocenters. The van der Waals surface area contributed by atoms with Gasteiger partial charge in [0, 0.05) is 17.8 Å². The minimum absolute atomic E-state index is 0.216. The van der Waals surface area contributed by atoms with Gasteiger partial charge >= 0.3 is 0 Å². The van der Waals surface area contributed by atoms with Crippen LogP contribution in [-0.2, 0) is 6.42 Å². The maximum Gasteiger partial charge on any atom is 0.160 e. The number of aliphatic hydroxyl groups is 1. The number of likely N-dealkylation sites (N-methyl/N-ethyl adjacent to an activating group) is 1. The molecule has 2 aromatic heterocycles. The minimum Gasteiger partial charge on any atom is -0.491 e. The summed E-state index contributed by atoms with van der Waals surface area (Å²) in [6.07, 6.45) is 4.04. The summed E-state index contributed by atoms with van der Waals surface area (Å²) in [4.78, 5) is 10.0. The average molecular weight is 451 g/mol. The predicted octanol–water partition coefficient (Wildman–Crippen LogP) is 4.42. The van der Waals surface area contributed by atoms with Crippen molar-refractivity contribution in [2.45, 2.75) is 59.5 Å². The summed E-state index contributed by atoms with van der Waals surface area (Å²) in [5.41, 5.74) is 6.08. The van der Waals surface area contributed by atoms with E-state index in [-0.39, 0.29) is 6.61 Å². The van der Waals surface area contributed by atoms with Gasteiger partial charge in [0.05, 0.1) is 17.0 Å². The van der Waals surface area contributed by atoms with Crippen molar-refractivity contribution in [3.05, 3.63) is 47.0 Å². The molecule has 1 saturated carbocycles. The molecule has 1 aliphatic rings. The Kier molecular flexibility index (Phi) is 6.81. The molecule has 1 atom stereocenters. The van der Waals surface area contributed by atoms with Crippen molar-refractivity contribution in [2.75, 3.05) is 20.2 Å². The van der Waals surface area contributed by atoms with E-state index >= 15 is 0 Å². The van der Waals surface area contributed by atoms with E-state index in [4.69, 9.17) is 19.2 Å². The van der Waals surface area contributed by atoms with Crippen LogP contribution in [0.15, 0.2) is 28.8 Å². The van der Waals surface area contributed by atoms with E-state index in [2.05, 4.69) is 24.3 Å². The smallest absolute Gasteiger partial charge is 0.160 e. The van der Waals surface area contributed by atoms with Gasteiger partial charge in [0.2, 0.25) is 0 Å². The topological polar surface area (TPSA) is 93.3 Å². The van der Waals surface area contributed by atoms with Crippen molar-refractivity contribution in [2.24, 2.45) is 5.41 Å².